The van der Waals surface area contributed by atoms with Gasteiger partial charge in [0, 0.05) is 27.7 Å². The van der Waals surface area contributed by atoms with E-state index in [1.807, 2.05) is 70.2 Å². The quantitative estimate of drug-likeness (QED) is 0.0790. The van der Waals surface area contributed by atoms with Crippen LogP contribution in [0.25, 0.3) is 22.6 Å². The fourth-order valence-electron chi connectivity index (χ4n) is 5.78. The minimum Gasteiger partial charge on any atom is -0.399 e. The summed E-state index contributed by atoms with van der Waals surface area (Å²) in [5, 5.41) is 9.76. The van der Waals surface area contributed by atoms with Gasteiger partial charge in [-0.1, -0.05) is 65.7 Å². The van der Waals surface area contributed by atoms with E-state index in [0.717, 1.165) is 39.9 Å². The Kier molecular flexibility index (Phi) is 16.6. The monoisotopic (exact) mass is 1040 g/mol. The zero-order valence-electron chi connectivity index (χ0n) is 35.5. The molecule has 0 radical (unpaired) electrons. The van der Waals surface area contributed by atoms with Gasteiger partial charge in [0.15, 0.2) is 12.2 Å². The number of hydrogen-bond acceptors (Lipinski definition) is 8. The van der Waals surface area contributed by atoms with E-state index in [0.29, 0.717) is 38.5 Å². The Morgan fingerprint density at radius 2 is 1.09 bits per heavy atom. The minimum absolute atomic E-state index is 0.117. The highest BCUT2D eigenvalue weighted by atomic mass is 127. The molecule has 0 bridgehead atoms. The Hall–Kier alpha value is -4.31. The van der Waals surface area contributed by atoms with Crippen molar-refractivity contribution in [3.63, 3.8) is 0 Å². The van der Waals surface area contributed by atoms with Gasteiger partial charge in [-0.05, 0) is 135 Å². The largest absolute Gasteiger partial charge is 0.494 e. The highest BCUT2D eigenvalue weighted by Gasteiger charge is 2.51. The lowest BCUT2D eigenvalue weighted by molar-refractivity contribution is -0.217. The second-order valence-electron chi connectivity index (χ2n) is 15.6. The molecule has 1 aliphatic heterocycles. The van der Waals surface area contributed by atoms with Gasteiger partial charge in [-0.2, -0.15) is 31.4 Å². The molecule has 2 aromatic heterocycles. The number of halogens is 9. The average Bonchev–Trinajstić information content (AvgIpc) is 3.86. The molecule has 1 saturated heterocycles. The molecule has 10 nitrogen and oxygen atoms in total. The van der Waals surface area contributed by atoms with E-state index in [9.17, 15) is 26.3 Å². The Labute approximate surface area is 391 Å². The smallest absolute Gasteiger partial charge is 0.399 e. The average molecular weight is 1050 g/mol. The van der Waals surface area contributed by atoms with Crippen LogP contribution >= 0.6 is 45.8 Å². The standard InChI is InChI=1S/C19H17ClF3N3O.C16H22BF3O3.C9H7ClIN3/c1-12(19(21,22)23)27-11-13-3-2-4-14(9-13)17-10-18(24)25-26(17)16-7-5-15(20)6-8-16;1-11(16(18,19)20)21-10-12-7-6-8-13(9-12)17-22-14(2,3)15(4,5)23-17;10-6-1-3-7(4-2-6)14-8(11)5-9(12)13-14/h2-10,12H,11H2,1H3,(H2,24,25);6-9,11H,10H2,1-5H3;1-5H,(H2,12,13)/t12-;11-;/m11./s1. The topological polar surface area (TPSA) is 125 Å². The van der Waals surface area contributed by atoms with Crippen molar-refractivity contribution in [3.8, 4) is 22.6 Å². The number of ether oxygens (including phenoxy) is 2. The third-order valence-corrected chi connectivity index (χ3v) is 11.4. The number of aromatic nitrogens is 4. The lowest BCUT2D eigenvalue weighted by atomic mass is 9.78. The molecule has 0 aliphatic carbocycles. The Morgan fingerprint density at radius 3 is 1.56 bits per heavy atom. The number of rotatable bonds is 10. The van der Waals surface area contributed by atoms with Gasteiger partial charge in [0.1, 0.15) is 15.3 Å². The van der Waals surface area contributed by atoms with Crippen LogP contribution < -0.4 is 16.9 Å². The van der Waals surface area contributed by atoms with E-state index in [1.165, 1.54) is 0 Å². The number of anilines is 2. The van der Waals surface area contributed by atoms with E-state index in [1.54, 1.807) is 76.1 Å². The Morgan fingerprint density at radius 1 is 0.656 bits per heavy atom. The summed E-state index contributed by atoms with van der Waals surface area (Å²) < 4.78 is 101. The van der Waals surface area contributed by atoms with Crippen molar-refractivity contribution >= 4 is 70.0 Å². The zero-order chi connectivity index (χ0) is 47.2. The maximum Gasteiger partial charge on any atom is 0.494 e. The molecule has 4 N–H and O–H groups in total. The summed E-state index contributed by atoms with van der Waals surface area (Å²) >= 11 is 13.9. The maximum absolute atomic E-state index is 12.6. The Bertz CT molecular complexity index is 2450. The summed E-state index contributed by atoms with van der Waals surface area (Å²) in [6.07, 6.45) is -12.4. The molecule has 0 amide bonds. The van der Waals surface area contributed by atoms with E-state index >= 15 is 0 Å². The molecule has 0 unspecified atom stereocenters. The van der Waals surface area contributed by atoms with Crippen LogP contribution in [0.4, 0.5) is 38.0 Å². The first kappa shape index (κ1) is 50.7. The predicted octanol–water partition coefficient (Wildman–Crippen LogP) is 11.4. The molecule has 1 aliphatic rings. The van der Waals surface area contributed by atoms with Gasteiger partial charge >= 0.3 is 19.5 Å². The van der Waals surface area contributed by atoms with Gasteiger partial charge < -0.3 is 30.2 Å². The molecular formula is C44H46BCl2F6IN6O4. The van der Waals surface area contributed by atoms with Crippen molar-refractivity contribution in [2.45, 2.75) is 90.5 Å². The summed E-state index contributed by atoms with van der Waals surface area (Å²) in [5.41, 5.74) is 15.7. The Balaban J connectivity index is 0.000000189. The number of nitrogen functional groups attached to an aromatic ring is 2. The molecule has 1 fully saturated rings. The van der Waals surface area contributed by atoms with E-state index in [-0.39, 0.29) is 13.2 Å². The van der Waals surface area contributed by atoms with E-state index < -0.39 is 42.9 Å². The SMILES string of the molecule is C[C@@H](OCc1cccc(-c2cc(N)nn2-c2ccc(Cl)cc2)c1)C(F)(F)F.C[C@@H](OCc1cccc(B2OC(C)(C)C(C)(C)O2)c1)C(F)(F)F.Nc1cc(I)n(-c2ccc(Cl)cc2)n1. The summed E-state index contributed by atoms with van der Waals surface area (Å²) in [5.74, 6) is 0.844. The maximum atomic E-state index is 12.6. The first-order valence-corrected chi connectivity index (χ1v) is 21.5. The fraction of sp³-hybridized carbons (Fsp3) is 0.318. The number of benzene rings is 4. The third kappa shape index (κ3) is 13.6. The summed E-state index contributed by atoms with van der Waals surface area (Å²) in [7, 11) is -0.542. The highest BCUT2D eigenvalue weighted by Crippen LogP contribution is 2.37. The first-order chi connectivity index (χ1) is 29.8. The highest BCUT2D eigenvalue weighted by molar-refractivity contribution is 14.1. The fourth-order valence-corrected chi connectivity index (χ4v) is 6.74. The molecule has 20 heteroatoms. The lowest BCUT2D eigenvalue weighted by Gasteiger charge is -2.32. The van der Waals surface area contributed by atoms with Gasteiger partial charge in [0.2, 0.25) is 0 Å². The normalized spacial score (nSPS) is 15.5. The van der Waals surface area contributed by atoms with Crippen LogP contribution in [0.15, 0.2) is 109 Å². The first-order valence-electron chi connectivity index (χ1n) is 19.6. The molecule has 64 heavy (non-hydrogen) atoms. The van der Waals surface area contributed by atoms with Crippen molar-refractivity contribution in [2.75, 3.05) is 11.5 Å². The van der Waals surface area contributed by atoms with Crippen LogP contribution in [0.1, 0.15) is 52.7 Å². The summed E-state index contributed by atoms with van der Waals surface area (Å²) in [6, 6.07) is 32.2. The second kappa shape index (κ2) is 20.9. The zero-order valence-corrected chi connectivity index (χ0v) is 39.2. The van der Waals surface area contributed by atoms with Crippen LogP contribution in [0.2, 0.25) is 10.0 Å². The number of nitrogens with zero attached hydrogens (tertiary/aromatic N) is 4. The summed E-state index contributed by atoms with van der Waals surface area (Å²) in [6.45, 7) is 9.51. The van der Waals surface area contributed by atoms with Crippen LogP contribution in [0.5, 0.6) is 0 Å². The number of alkyl halides is 6. The van der Waals surface area contributed by atoms with Crippen molar-refractivity contribution in [1.82, 2.24) is 19.6 Å². The molecule has 2 atom stereocenters. The van der Waals surface area contributed by atoms with Crippen LogP contribution in [0.3, 0.4) is 0 Å². The van der Waals surface area contributed by atoms with Crippen LogP contribution in [-0.2, 0) is 32.0 Å². The van der Waals surface area contributed by atoms with Gasteiger partial charge in [-0.3, -0.25) is 0 Å². The van der Waals surface area contributed by atoms with Crippen LogP contribution in [0, 0.1) is 3.70 Å². The van der Waals surface area contributed by atoms with Gasteiger partial charge in [0.05, 0.1) is 41.5 Å². The molecule has 0 spiro atoms. The van der Waals surface area contributed by atoms with Crippen LogP contribution in [-0.4, -0.2) is 62.4 Å². The van der Waals surface area contributed by atoms with E-state index in [4.69, 9.17) is 53.5 Å². The number of nitrogens with two attached hydrogens (primary N) is 2. The molecule has 6 aromatic rings. The van der Waals surface area contributed by atoms with Crippen molar-refractivity contribution in [2.24, 2.45) is 0 Å². The predicted molar refractivity (Wildman–Crippen MR) is 247 cm³/mol. The van der Waals surface area contributed by atoms with Gasteiger partial charge in [-0.25, -0.2) is 9.36 Å². The lowest BCUT2D eigenvalue weighted by Crippen LogP contribution is -2.41. The van der Waals surface area contributed by atoms with E-state index in [2.05, 4.69) is 32.8 Å². The molecular weight excluding hydrogens is 999 g/mol. The molecule has 0 saturated carbocycles. The molecule has 7 rings (SSSR count). The van der Waals surface area contributed by atoms with Crippen molar-refractivity contribution in [3.05, 3.63) is 134 Å². The third-order valence-electron chi connectivity index (χ3n) is 10.2. The number of hydrogen-bond donors (Lipinski definition) is 2. The summed E-state index contributed by atoms with van der Waals surface area (Å²) in [4.78, 5) is 0. The van der Waals surface area contributed by atoms with Gasteiger partial charge in [0.25, 0.3) is 0 Å². The van der Waals surface area contributed by atoms with Crippen molar-refractivity contribution < 1.29 is 45.1 Å². The molecule has 3 heterocycles. The molecule has 4 aromatic carbocycles. The molecule has 342 valence electrons. The van der Waals surface area contributed by atoms with Crippen molar-refractivity contribution in [1.29, 1.82) is 0 Å². The second-order valence-corrected chi connectivity index (χ2v) is 17.6. The minimum atomic E-state index is -4.39. The van der Waals surface area contributed by atoms with Gasteiger partial charge in [-0.15, -0.1) is 5.10 Å².